The van der Waals surface area contributed by atoms with Crippen molar-refractivity contribution >= 4 is 16.5 Å². The number of likely N-dealkylation sites (N-methyl/N-ethyl adjacent to an activating group) is 1. The highest BCUT2D eigenvalue weighted by Crippen LogP contribution is 2.33. The molecule has 1 aliphatic heterocycles. The molecule has 1 aromatic heterocycles. The molecule has 1 fully saturated rings. The molecule has 0 bridgehead atoms. The summed E-state index contributed by atoms with van der Waals surface area (Å²) in [5.74, 6) is 0. The Morgan fingerprint density at radius 1 is 1.44 bits per heavy atom. The van der Waals surface area contributed by atoms with Crippen LogP contribution < -0.4 is 5.32 Å². The van der Waals surface area contributed by atoms with Crippen molar-refractivity contribution in [3.8, 4) is 0 Å². The number of hydrogen-bond acceptors (Lipinski definition) is 5. The zero-order chi connectivity index (χ0) is 13.2. The summed E-state index contributed by atoms with van der Waals surface area (Å²) in [5.41, 5.74) is 0. The maximum absolute atomic E-state index is 12.3. The van der Waals surface area contributed by atoms with Crippen molar-refractivity contribution in [3.63, 3.8) is 0 Å². The number of likely N-dealkylation sites (tertiary alicyclic amines) is 1. The van der Waals surface area contributed by atoms with Crippen LogP contribution in [0.1, 0.15) is 24.8 Å². The summed E-state index contributed by atoms with van der Waals surface area (Å²) in [6.07, 6.45) is -2.18. The van der Waals surface area contributed by atoms with Gasteiger partial charge in [0.2, 0.25) is 10.1 Å². The van der Waals surface area contributed by atoms with E-state index in [1.807, 2.05) is 0 Å². The second kappa shape index (κ2) is 5.40. The molecule has 8 heteroatoms. The number of anilines is 1. The maximum atomic E-state index is 12.3. The molecule has 0 aromatic carbocycles. The van der Waals surface area contributed by atoms with Crippen molar-refractivity contribution in [1.82, 2.24) is 15.1 Å². The van der Waals surface area contributed by atoms with E-state index in [-0.39, 0.29) is 5.13 Å². The predicted octanol–water partition coefficient (Wildman–Crippen LogP) is 2.45. The van der Waals surface area contributed by atoms with Gasteiger partial charge in [0.15, 0.2) is 0 Å². The van der Waals surface area contributed by atoms with Gasteiger partial charge in [-0.1, -0.05) is 18.3 Å². The first kappa shape index (κ1) is 13.5. The second-order valence-corrected chi connectivity index (χ2v) is 5.19. The third-order valence-corrected chi connectivity index (χ3v) is 3.99. The summed E-state index contributed by atoms with van der Waals surface area (Å²) in [6.45, 7) is 4.74. The molecular formula is C10H15F3N4S. The number of hydrogen-bond donors (Lipinski definition) is 1. The number of alkyl halides is 3. The fraction of sp³-hybridized carbons (Fsp3) is 0.800. The largest absolute Gasteiger partial charge is 0.445 e. The highest BCUT2D eigenvalue weighted by atomic mass is 32.1. The van der Waals surface area contributed by atoms with Gasteiger partial charge in [-0.05, 0) is 25.9 Å². The van der Waals surface area contributed by atoms with Crippen LogP contribution in [0.5, 0.6) is 0 Å². The Kier molecular flexibility index (Phi) is 4.06. The zero-order valence-electron chi connectivity index (χ0n) is 10.00. The predicted molar refractivity (Wildman–Crippen MR) is 63.7 cm³/mol. The van der Waals surface area contributed by atoms with Crippen molar-refractivity contribution in [3.05, 3.63) is 5.01 Å². The van der Waals surface area contributed by atoms with Gasteiger partial charge in [-0.25, -0.2) is 0 Å². The highest BCUT2D eigenvalue weighted by molar-refractivity contribution is 7.15. The minimum atomic E-state index is -4.40. The Balaban J connectivity index is 1.89. The lowest BCUT2D eigenvalue weighted by atomic mass is 10.2. The van der Waals surface area contributed by atoms with Gasteiger partial charge in [0, 0.05) is 12.6 Å². The first-order chi connectivity index (χ1) is 8.50. The fourth-order valence-electron chi connectivity index (χ4n) is 2.16. The van der Waals surface area contributed by atoms with E-state index in [1.54, 1.807) is 0 Å². The molecule has 18 heavy (non-hydrogen) atoms. The summed E-state index contributed by atoms with van der Waals surface area (Å²) in [6, 6.07) is 0.383. The van der Waals surface area contributed by atoms with E-state index in [9.17, 15) is 13.2 Å². The molecular weight excluding hydrogens is 265 g/mol. The molecule has 0 spiro atoms. The van der Waals surface area contributed by atoms with Crippen LogP contribution in [-0.2, 0) is 6.18 Å². The molecule has 2 rings (SSSR count). The van der Waals surface area contributed by atoms with Crippen molar-refractivity contribution in [2.75, 3.05) is 25.0 Å². The molecule has 0 amide bonds. The number of nitrogens with one attached hydrogen (secondary N) is 1. The Labute approximate surface area is 107 Å². The van der Waals surface area contributed by atoms with E-state index in [0.717, 1.165) is 25.9 Å². The summed E-state index contributed by atoms with van der Waals surface area (Å²) >= 11 is 0.555. The lowest BCUT2D eigenvalue weighted by Crippen LogP contribution is -2.34. The molecule has 1 atom stereocenters. The van der Waals surface area contributed by atoms with Crippen molar-refractivity contribution in [2.45, 2.75) is 32.0 Å². The SMILES string of the molecule is CCN1CCCC1CNc1nnc(C(F)(F)F)s1. The number of nitrogens with zero attached hydrogens (tertiary/aromatic N) is 3. The Bertz CT molecular complexity index is 393. The molecule has 0 radical (unpaired) electrons. The van der Waals surface area contributed by atoms with E-state index in [2.05, 4.69) is 27.3 Å². The first-order valence-electron chi connectivity index (χ1n) is 5.89. The van der Waals surface area contributed by atoms with E-state index in [1.165, 1.54) is 0 Å². The van der Waals surface area contributed by atoms with E-state index < -0.39 is 11.2 Å². The third kappa shape index (κ3) is 3.11. The summed E-state index contributed by atoms with van der Waals surface area (Å²) < 4.78 is 37.0. The van der Waals surface area contributed by atoms with Crippen LogP contribution in [-0.4, -0.2) is 40.8 Å². The molecule has 1 unspecified atom stereocenters. The lowest BCUT2D eigenvalue weighted by Gasteiger charge is -2.22. The quantitative estimate of drug-likeness (QED) is 0.920. The van der Waals surface area contributed by atoms with Crippen LogP contribution in [0, 0.1) is 0 Å². The number of rotatable bonds is 4. The normalized spacial score (nSPS) is 21.4. The minimum Gasteiger partial charge on any atom is -0.359 e. The standard InChI is InChI=1S/C10H15F3N4S/c1-2-17-5-3-4-7(17)6-14-9-16-15-8(18-9)10(11,12)13/h7H,2-6H2,1H3,(H,14,16). The number of aromatic nitrogens is 2. The van der Waals surface area contributed by atoms with Gasteiger partial charge in [-0.2, -0.15) is 13.2 Å². The van der Waals surface area contributed by atoms with Gasteiger partial charge in [-0.15, -0.1) is 10.2 Å². The van der Waals surface area contributed by atoms with Crippen LogP contribution in [0.15, 0.2) is 0 Å². The van der Waals surface area contributed by atoms with Gasteiger partial charge in [0.05, 0.1) is 0 Å². The molecule has 1 saturated heterocycles. The molecule has 1 aliphatic rings. The highest BCUT2D eigenvalue weighted by Gasteiger charge is 2.35. The second-order valence-electron chi connectivity index (χ2n) is 4.22. The smallest absolute Gasteiger partial charge is 0.359 e. The van der Waals surface area contributed by atoms with Crippen LogP contribution in [0.25, 0.3) is 0 Å². The zero-order valence-corrected chi connectivity index (χ0v) is 10.8. The monoisotopic (exact) mass is 280 g/mol. The average molecular weight is 280 g/mol. The summed E-state index contributed by atoms with van der Waals surface area (Å²) in [4.78, 5) is 2.32. The molecule has 1 N–H and O–H groups in total. The third-order valence-electron chi connectivity index (χ3n) is 3.06. The van der Waals surface area contributed by atoms with Crippen LogP contribution in [0.2, 0.25) is 0 Å². The Hall–Kier alpha value is -0.890. The first-order valence-corrected chi connectivity index (χ1v) is 6.71. The van der Waals surface area contributed by atoms with Crippen LogP contribution in [0.4, 0.5) is 18.3 Å². The molecule has 0 saturated carbocycles. The minimum absolute atomic E-state index is 0.241. The average Bonchev–Trinajstić information content (AvgIpc) is 2.94. The molecule has 2 heterocycles. The van der Waals surface area contributed by atoms with Crippen molar-refractivity contribution in [2.24, 2.45) is 0 Å². The van der Waals surface area contributed by atoms with Gasteiger partial charge >= 0.3 is 6.18 Å². The van der Waals surface area contributed by atoms with Gasteiger partial charge < -0.3 is 5.32 Å². The van der Waals surface area contributed by atoms with Gasteiger partial charge in [0.1, 0.15) is 0 Å². The van der Waals surface area contributed by atoms with Crippen molar-refractivity contribution < 1.29 is 13.2 Å². The Morgan fingerprint density at radius 2 is 2.22 bits per heavy atom. The van der Waals surface area contributed by atoms with Gasteiger partial charge in [-0.3, -0.25) is 4.90 Å². The summed E-state index contributed by atoms with van der Waals surface area (Å²) in [7, 11) is 0. The number of halogens is 3. The van der Waals surface area contributed by atoms with Crippen LogP contribution >= 0.6 is 11.3 Å². The van der Waals surface area contributed by atoms with Gasteiger partial charge in [0.25, 0.3) is 0 Å². The lowest BCUT2D eigenvalue weighted by molar-refractivity contribution is -0.138. The Morgan fingerprint density at radius 3 is 2.83 bits per heavy atom. The van der Waals surface area contributed by atoms with E-state index >= 15 is 0 Å². The molecule has 0 aliphatic carbocycles. The van der Waals surface area contributed by atoms with Crippen LogP contribution in [0.3, 0.4) is 0 Å². The maximum Gasteiger partial charge on any atom is 0.445 e. The fourth-order valence-corrected chi connectivity index (χ4v) is 2.77. The van der Waals surface area contributed by atoms with Crippen molar-refractivity contribution in [1.29, 1.82) is 0 Å². The molecule has 1 aromatic rings. The molecule has 4 nitrogen and oxygen atoms in total. The molecule has 102 valence electrons. The van der Waals surface area contributed by atoms with E-state index in [4.69, 9.17) is 0 Å². The topological polar surface area (TPSA) is 41.0 Å². The van der Waals surface area contributed by atoms with E-state index in [0.29, 0.717) is 23.9 Å². The summed E-state index contributed by atoms with van der Waals surface area (Å²) in [5, 5.41) is 8.94.